The Labute approximate surface area is 187 Å². The number of rotatable bonds is 5. The first kappa shape index (κ1) is 21.6. The monoisotopic (exact) mass is 429 g/mol. The largest absolute Gasteiger partial charge is 0.355 e. The van der Waals surface area contributed by atoms with Crippen molar-refractivity contribution in [3.63, 3.8) is 0 Å². The van der Waals surface area contributed by atoms with Gasteiger partial charge in [0.15, 0.2) is 0 Å². The molecule has 7 heteroatoms. The molecular formula is C25H27N5O2. The number of nitrogens with zero attached hydrogens (tertiary/aromatic N) is 4. The summed E-state index contributed by atoms with van der Waals surface area (Å²) in [7, 11) is 0. The lowest BCUT2D eigenvalue weighted by Crippen LogP contribution is -2.44. The van der Waals surface area contributed by atoms with Gasteiger partial charge in [-0.2, -0.15) is 0 Å². The van der Waals surface area contributed by atoms with E-state index < -0.39 is 0 Å². The van der Waals surface area contributed by atoms with Crippen LogP contribution in [0.4, 0.5) is 0 Å². The molecule has 0 saturated carbocycles. The summed E-state index contributed by atoms with van der Waals surface area (Å²) >= 11 is 0. The van der Waals surface area contributed by atoms with Gasteiger partial charge in [0.1, 0.15) is 6.33 Å². The van der Waals surface area contributed by atoms with E-state index in [0.29, 0.717) is 38.9 Å². The molecular weight excluding hydrogens is 402 g/mol. The first-order valence-corrected chi connectivity index (χ1v) is 10.9. The number of hydrogen-bond donors (Lipinski definition) is 1. The molecule has 0 fully saturated rings. The molecule has 1 N–H and O–H groups in total. The van der Waals surface area contributed by atoms with Crippen LogP contribution in [0.3, 0.4) is 0 Å². The van der Waals surface area contributed by atoms with Crippen molar-refractivity contribution in [2.24, 2.45) is 5.92 Å². The molecule has 4 rings (SSSR count). The van der Waals surface area contributed by atoms with Crippen molar-refractivity contribution in [1.82, 2.24) is 25.2 Å². The van der Waals surface area contributed by atoms with Crippen LogP contribution in [-0.2, 0) is 28.9 Å². The quantitative estimate of drug-likeness (QED) is 0.673. The smallest absolute Gasteiger partial charge is 0.225 e. The number of hydrogen-bond acceptors (Lipinski definition) is 5. The van der Waals surface area contributed by atoms with E-state index >= 15 is 0 Å². The van der Waals surface area contributed by atoms with Gasteiger partial charge in [0, 0.05) is 62.2 Å². The fraction of sp³-hybridized carbons (Fsp3) is 0.320. The number of fused-ring (bicyclic) bond motifs is 1. The lowest BCUT2D eigenvalue weighted by atomic mass is 9.90. The topological polar surface area (TPSA) is 88.1 Å². The Balaban J connectivity index is 1.57. The van der Waals surface area contributed by atoms with Gasteiger partial charge in [-0.25, -0.2) is 9.97 Å². The van der Waals surface area contributed by atoms with Crippen molar-refractivity contribution in [2.75, 3.05) is 19.6 Å². The highest BCUT2D eigenvalue weighted by Crippen LogP contribution is 2.27. The number of amides is 2. The third kappa shape index (κ3) is 5.17. The summed E-state index contributed by atoms with van der Waals surface area (Å²) in [6, 6.07) is 13.8. The molecule has 0 saturated heterocycles. The number of nitrogens with one attached hydrogen (secondary N) is 1. The average Bonchev–Trinajstić information content (AvgIpc) is 2.80. The predicted octanol–water partition coefficient (Wildman–Crippen LogP) is 2.46. The molecule has 0 aliphatic carbocycles. The van der Waals surface area contributed by atoms with Crippen LogP contribution >= 0.6 is 0 Å². The van der Waals surface area contributed by atoms with E-state index in [9.17, 15) is 9.59 Å². The summed E-state index contributed by atoms with van der Waals surface area (Å²) in [5.74, 6) is -0.463. The second kappa shape index (κ2) is 10.1. The van der Waals surface area contributed by atoms with Crippen molar-refractivity contribution in [2.45, 2.75) is 26.2 Å². The van der Waals surface area contributed by atoms with Crippen molar-refractivity contribution in [3.05, 3.63) is 78.0 Å². The van der Waals surface area contributed by atoms with E-state index in [0.717, 1.165) is 28.1 Å². The van der Waals surface area contributed by atoms with Crippen LogP contribution in [0, 0.1) is 5.92 Å². The average molecular weight is 430 g/mol. The van der Waals surface area contributed by atoms with Gasteiger partial charge in [0.05, 0.1) is 11.6 Å². The SMILES string of the molecule is CC(=O)N1CCc2ncnc(-c3ccccc3)c2CC(C(=O)NCCc2cccnc2)C1. The number of aromatic nitrogens is 3. The van der Waals surface area contributed by atoms with Gasteiger partial charge in [-0.15, -0.1) is 0 Å². The first-order valence-electron chi connectivity index (χ1n) is 10.9. The Kier molecular flexibility index (Phi) is 6.84. The molecule has 1 aromatic carbocycles. The van der Waals surface area contributed by atoms with E-state index in [-0.39, 0.29) is 17.7 Å². The molecule has 32 heavy (non-hydrogen) atoms. The molecule has 3 aromatic rings. The Bertz CT molecular complexity index is 1070. The molecule has 1 atom stereocenters. The summed E-state index contributed by atoms with van der Waals surface area (Å²) < 4.78 is 0. The molecule has 2 amide bonds. The van der Waals surface area contributed by atoms with Crippen LogP contribution in [-0.4, -0.2) is 51.3 Å². The number of carbonyl (C=O) groups excluding carboxylic acids is 2. The van der Waals surface area contributed by atoms with Crippen LogP contribution in [0.1, 0.15) is 23.7 Å². The fourth-order valence-corrected chi connectivity index (χ4v) is 4.11. The van der Waals surface area contributed by atoms with Gasteiger partial charge >= 0.3 is 0 Å². The fourth-order valence-electron chi connectivity index (χ4n) is 4.11. The van der Waals surface area contributed by atoms with Crippen LogP contribution in [0.5, 0.6) is 0 Å². The molecule has 0 bridgehead atoms. The molecule has 1 aliphatic rings. The summed E-state index contributed by atoms with van der Waals surface area (Å²) in [5.41, 5.74) is 4.83. The maximum absolute atomic E-state index is 13.2. The van der Waals surface area contributed by atoms with E-state index in [2.05, 4.69) is 20.3 Å². The second-order valence-corrected chi connectivity index (χ2v) is 8.03. The third-order valence-electron chi connectivity index (χ3n) is 5.84. The van der Waals surface area contributed by atoms with E-state index in [1.54, 1.807) is 30.5 Å². The Morgan fingerprint density at radius 3 is 2.72 bits per heavy atom. The van der Waals surface area contributed by atoms with Crippen molar-refractivity contribution < 1.29 is 9.59 Å². The highest BCUT2D eigenvalue weighted by molar-refractivity contribution is 5.81. The Morgan fingerprint density at radius 1 is 1.12 bits per heavy atom. The standard InChI is InChI=1S/C25H27N5O2/c1-18(31)30-13-10-23-22(24(29-17-28-23)20-7-3-2-4-8-20)14-21(16-30)25(32)27-12-9-19-6-5-11-26-15-19/h2-8,11,15,17,21H,9-10,12-14,16H2,1H3,(H,27,32). The summed E-state index contributed by atoms with van der Waals surface area (Å²) in [6.07, 6.45) is 6.95. The minimum atomic E-state index is -0.375. The molecule has 1 aliphatic heterocycles. The van der Waals surface area contributed by atoms with E-state index in [1.807, 2.05) is 42.5 Å². The maximum Gasteiger partial charge on any atom is 0.225 e. The van der Waals surface area contributed by atoms with Crippen LogP contribution in [0.25, 0.3) is 11.3 Å². The van der Waals surface area contributed by atoms with Gasteiger partial charge in [-0.1, -0.05) is 36.4 Å². The molecule has 0 radical (unpaired) electrons. The summed E-state index contributed by atoms with van der Waals surface area (Å²) in [5, 5.41) is 3.05. The second-order valence-electron chi connectivity index (χ2n) is 8.03. The number of carbonyl (C=O) groups is 2. The normalized spacial score (nSPS) is 15.9. The van der Waals surface area contributed by atoms with Gasteiger partial charge in [-0.3, -0.25) is 14.6 Å². The highest BCUT2D eigenvalue weighted by Gasteiger charge is 2.29. The van der Waals surface area contributed by atoms with Crippen LogP contribution < -0.4 is 5.32 Å². The zero-order valence-electron chi connectivity index (χ0n) is 18.2. The molecule has 1 unspecified atom stereocenters. The first-order chi connectivity index (χ1) is 15.6. The summed E-state index contributed by atoms with van der Waals surface area (Å²) in [4.78, 5) is 40.3. The lowest BCUT2D eigenvalue weighted by molar-refractivity contribution is -0.132. The van der Waals surface area contributed by atoms with Gasteiger partial charge in [0.2, 0.25) is 11.8 Å². The number of pyridine rings is 1. The maximum atomic E-state index is 13.2. The Morgan fingerprint density at radius 2 is 1.97 bits per heavy atom. The van der Waals surface area contributed by atoms with Gasteiger partial charge < -0.3 is 10.2 Å². The van der Waals surface area contributed by atoms with E-state index in [4.69, 9.17) is 0 Å². The third-order valence-corrected chi connectivity index (χ3v) is 5.84. The molecule has 0 spiro atoms. The zero-order chi connectivity index (χ0) is 22.3. The van der Waals surface area contributed by atoms with Gasteiger partial charge in [0.25, 0.3) is 0 Å². The zero-order valence-corrected chi connectivity index (χ0v) is 18.2. The molecule has 3 heterocycles. The minimum Gasteiger partial charge on any atom is -0.355 e. The van der Waals surface area contributed by atoms with Crippen LogP contribution in [0.2, 0.25) is 0 Å². The summed E-state index contributed by atoms with van der Waals surface area (Å²) in [6.45, 7) is 2.99. The highest BCUT2D eigenvalue weighted by atomic mass is 16.2. The Hall–Kier alpha value is -3.61. The molecule has 2 aromatic heterocycles. The molecule has 7 nitrogen and oxygen atoms in total. The van der Waals surface area contributed by atoms with Crippen molar-refractivity contribution in [1.29, 1.82) is 0 Å². The number of benzene rings is 1. The van der Waals surface area contributed by atoms with Crippen molar-refractivity contribution in [3.8, 4) is 11.3 Å². The predicted molar refractivity (Wildman–Crippen MR) is 122 cm³/mol. The van der Waals surface area contributed by atoms with Gasteiger partial charge in [-0.05, 0) is 24.5 Å². The lowest BCUT2D eigenvalue weighted by Gasteiger charge is -2.30. The molecule has 164 valence electrons. The van der Waals surface area contributed by atoms with Crippen LogP contribution in [0.15, 0.2) is 61.2 Å². The van der Waals surface area contributed by atoms with Crippen molar-refractivity contribution >= 4 is 11.8 Å². The van der Waals surface area contributed by atoms with E-state index in [1.165, 1.54) is 0 Å². The minimum absolute atomic E-state index is 0.0288.